The van der Waals surface area contributed by atoms with Gasteiger partial charge in [0.2, 0.25) is 0 Å². The van der Waals surface area contributed by atoms with Gasteiger partial charge in [0.1, 0.15) is 6.10 Å². The van der Waals surface area contributed by atoms with E-state index in [2.05, 4.69) is 0 Å². The maximum absolute atomic E-state index is 11.8. The van der Waals surface area contributed by atoms with Gasteiger partial charge in [0.25, 0.3) is 5.91 Å². The van der Waals surface area contributed by atoms with Crippen molar-refractivity contribution in [1.29, 1.82) is 0 Å². The molecule has 0 radical (unpaired) electrons. The zero-order chi connectivity index (χ0) is 11.4. The second-order valence-corrected chi connectivity index (χ2v) is 4.41. The molecule has 15 heavy (non-hydrogen) atoms. The third-order valence-corrected chi connectivity index (χ3v) is 2.77. The predicted molar refractivity (Wildman–Crippen MR) is 57.5 cm³/mol. The fraction of sp³-hybridized carbons (Fsp3) is 0.909. The summed E-state index contributed by atoms with van der Waals surface area (Å²) in [6, 6.07) is 0. The van der Waals surface area contributed by atoms with E-state index in [1.54, 1.807) is 18.9 Å². The Morgan fingerprint density at radius 2 is 2.27 bits per heavy atom. The summed E-state index contributed by atoms with van der Waals surface area (Å²) in [6.07, 6.45) is 1.97. The number of carbonyl (C=O) groups is 1. The van der Waals surface area contributed by atoms with Crippen LogP contribution in [0.4, 0.5) is 0 Å². The number of amides is 1. The van der Waals surface area contributed by atoms with Gasteiger partial charge >= 0.3 is 0 Å². The molecule has 1 aliphatic heterocycles. The number of rotatable bonds is 4. The second-order valence-electron chi connectivity index (χ2n) is 4.41. The molecule has 0 saturated carbocycles. The Morgan fingerprint density at radius 1 is 1.60 bits per heavy atom. The molecule has 1 aliphatic rings. The first-order valence-corrected chi connectivity index (χ1v) is 5.59. The number of likely N-dealkylation sites (N-methyl/N-ethyl adjacent to an activating group) is 1. The predicted octanol–water partition coefficient (Wildman–Crippen LogP) is 0.783. The topological polar surface area (TPSA) is 49.8 Å². The molecule has 1 amide bonds. The number of aliphatic hydroxyl groups is 1. The van der Waals surface area contributed by atoms with Gasteiger partial charge in [-0.2, -0.15) is 0 Å². The molecule has 4 nitrogen and oxygen atoms in total. The Labute approximate surface area is 91.2 Å². The molecule has 0 aromatic carbocycles. The van der Waals surface area contributed by atoms with Crippen molar-refractivity contribution in [2.24, 2.45) is 0 Å². The first-order valence-electron chi connectivity index (χ1n) is 5.59. The minimum atomic E-state index is -0.358. The smallest absolute Gasteiger partial charge is 0.251 e. The molecule has 1 N–H and O–H groups in total. The van der Waals surface area contributed by atoms with Crippen molar-refractivity contribution in [3.8, 4) is 0 Å². The van der Waals surface area contributed by atoms with E-state index in [9.17, 15) is 4.79 Å². The molecule has 0 bridgehead atoms. The van der Waals surface area contributed by atoms with E-state index < -0.39 is 0 Å². The summed E-state index contributed by atoms with van der Waals surface area (Å²) in [4.78, 5) is 13.5. The van der Waals surface area contributed by atoms with Crippen LogP contribution in [0.5, 0.6) is 0 Å². The van der Waals surface area contributed by atoms with E-state index in [-0.39, 0.29) is 24.2 Å². The number of hydrogen-bond donors (Lipinski definition) is 1. The van der Waals surface area contributed by atoms with Crippen molar-refractivity contribution in [2.45, 2.75) is 51.4 Å². The van der Waals surface area contributed by atoms with Gasteiger partial charge < -0.3 is 14.7 Å². The van der Waals surface area contributed by atoms with Crippen LogP contribution in [-0.2, 0) is 9.53 Å². The summed E-state index contributed by atoms with van der Waals surface area (Å²) in [6.45, 7) is 4.31. The third kappa shape index (κ3) is 3.80. The second kappa shape index (κ2) is 5.47. The Kier molecular flexibility index (Phi) is 4.54. The zero-order valence-electron chi connectivity index (χ0n) is 9.77. The molecule has 4 heteroatoms. The summed E-state index contributed by atoms with van der Waals surface area (Å²) in [5, 5.41) is 9.12. The lowest BCUT2D eigenvalue weighted by Gasteiger charge is -2.21. The SMILES string of the molecule is CC(O)CCN(C)C(=O)C1CCC(C)O1. The molecular weight excluding hydrogens is 194 g/mol. The lowest BCUT2D eigenvalue weighted by Crippen LogP contribution is -2.37. The van der Waals surface area contributed by atoms with Crippen LogP contribution in [0.3, 0.4) is 0 Å². The molecule has 3 atom stereocenters. The largest absolute Gasteiger partial charge is 0.393 e. The third-order valence-electron chi connectivity index (χ3n) is 2.77. The van der Waals surface area contributed by atoms with Gasteiger partial charge in [0.15, 0.2) is 0 Å². The maximum atomic E-state index is 11.8. The molecule has 1 fully saturated rings. The highest BCUT2D eigenvalue weighted by Crippen LogP contribution is 2.20. The van der Waals surface area contributed by atoms with Gasteiger partial charge in [-0.25, -0.2) is 0 Å². The van der Waals surface area contributed by atoms with Crippen LogP contribution in [0.1, 0.15) is 33.1 Å². The van der Waals surface area contributed by atoms with Gasteiger partial charge in [-0.05, 0) is 33.1 Å². The van der Waals surface area contributed by atoms with Gasteiger partial charge in [-0.15, -0.1) is 0 Å². The summed E-state index contributed by atoms with van der Waals surface area (Å²) < 4.78 is 5.50. The molecule has 1 rings (SSSR count). The molecule has 1 heterocycles. The molecule has 0 spiro atoms. The van der Waals surface area contributed by atoms with Crippen LogP contribution < -0.4 is 0 Å². The molecule has 0 aromatic heterocycles. The molecular formula is C11H21NO3. The van der Waals surface area contributed by atoms with Crippen LogP contribution in [0, 0.1) is 0 Å². The highest BCUT2D eigenvalue weighted by atomic mass is 16.5. The van der Waals surface area contributed by atoms with Gasteiger partial charge in [0.05, 0.1) is 12.2 Å². The van der Waals surface area contributed by atoms with E-state index in [0.717, 1.165) is 12.8 Å². The zero-order valence-corrected chi connectivity index (χ0v) is 9.77. The lowest BCUT2D eigenvalue weighted by molar-refractivity contribution is -0.141. The molecule has 0 aromatic rings. The van der Waals surface area contributed by atoms with Crippen molar-refractivity contribution in [3.63, 3.8) is 0 Å². The maximum Gasteiger partial charge on any atom is 0.251 e. The summed E-state index contributed by atoms with van der Waals surface area (Å²) in [5.41, 5.74) is 0. The first-order chi connectivity index (χ1) is 7.00. The average molecular weight is 215 g/mol. The van der Waals surface area contributed by atoms with E-state index >= 15 is 0 Å². The quantitative estimate of drug-likeness (QED) is 0.754. The van der Waals surface area contributed by atoms with Gasteiger partial charge in [0, 0.05) is 13.6 Å². The van der Waals surface area contributed by atoms with E-state index in [4.69, 9.17) is 9.84 Å². The van der Waals surface area contributed by atoms with Crippen LogP contribution in [-0.4, -0.2) is 47.8 Å². The van der Waals surface area contributed by atoms with Crippen molar-refractivity contribution in [2.75, 3.05) is 13.6 Å². The number of aliphatic hydroxyl groups excluding tert-OH is 1. The molecule has 0 aliphatic carbocycles. The molecule has 3 unspecified atom stereocenters. The first kappa shape index (κ1) is 12.5. The number of hydrogen-bond acceptors (Lipinski definition) is 3. The Morgan fingerprint density at radius 3 is 2.73 bits per heavy atom. The van der Waals surface area contributed by atoms with Crippen molar-refractivity contribution >= 4 is 5.91 Å². The van der Waals surface area contributed by atoms with E-state index in [1.165, 1.54) is 0 Å². The lowest BCUT2D eigenvalue weighted by atomic mass is 10.2. The minimum Gasteiger partial charge on any atom is -0.393 e. The van der Waals surface area contributed by atoms with Crippen LogP contribution in [0.15, 0.2) is 0 Å². The normalized spacial score (nSPS) is 27.7. The number of carbonyl (C=O) groups excluding carboxylic acids is 1. The van der Waals surface area contributed by atoms with Crippen LogP contribution in [0.2, 0.25) is 0 Å². The van der Waals surface area contributed by atoms with Crippen molar-refractivity contribution in [1.82, 2.24) is 4.90 Å². The van der Waals surface area contributed by atoms with E-state index in [1.807, 2.05) is 6.92 Å². The Balaban J connectivity index is 2.32. The monoisotopic (exact) mass is 215 g/mol. The minimum absolute atomic E-state index is 0.0417. The fourth-order valence-corrected chi connectivity index (χ4v) is 1.72. The summed E-state index contributed by atoms with van der Waals surface area (Å²) in [5.74, 6) is 0.0417. The highest BCUT2D eigenvalue weighted by molar-refractivity contribution is 5.80. The summed E-state index contributed by atoms with van der Waals surface area (Å²) in [7, 11) is 1.76. The number of ether oxygens (including phenoxy) is 1. The van der Waals surface area contributed by atoms with E-state index in [0.29, 0.717) is 13.0 Å². The Hall–Kier alpha value is -0.610. The van der Waals surface area contributed by atoms with Crippen LogP contribution in [0.25, 0.3) is 0 Å². The van der Waals surface area contributed by atoms with Crippen LogP contribution >= 0.6 is 0 Å². The standard InChI is InChI=1S/C11H21NO3/c1-8(13)6-7-12(3)11(14)10-5-4-9(2)15-10/h8-10,13H,4-7H2,1-3H3. The number of nitrogens with zero attached hydrogens (tertiary/aromatic N) is 1. The van der Waals surface area contributed by atoms with Crippen molar-refractivity contribution < 1.29 is 14.6 Å². The Bertz CT molecular complexity index is 218. The average Bonchev–Trinajstić information content (AvgIpc) is 2.60. The van der Waals surface area contributed by atoms with Gasteiger partial charge in [-0.1, -0.05) is 0 Å². The molecule has 1 saturated heterocycles. The van der Waals surface area contributed by atoms with Gasteiger partial charge in [-0.3, -0.25) is 4.79 Å². The highest BCUT2D eigenvalue weighted by Gasteiger charge is 2.30. The fourth-order valence-electron chi connectivity index (χ4n) is 1.72. The molecule has 88 valence electrons. The van der Waals surface area contributed by atoms with Crippen molar-refractivity contribution in [3.05, 3.63) is 0 Å². The summed E-state index contributed by atoms with van der Waals surface area (Å²) >= 11 is 0.